The first-order valence-electron chi connectivity index (χ1n) is 3.09. The van der Waals surface area contributed by atoms with Crippen LogP contribution in [0.5, 0.6) is 0 Å². The van der Waals surface area contributed by atoms with Gasteiger partial charge in [-0.15, -0.1) is 0 Å². The second-order valence-corrected chi connectivity index (χ2v) is 3.87. The molecule has 0 aliphatic carbocycles. The van der Waals surface area contributed by atoms with Gasteiger partial charge in [0.15, 0.2) is 0 Å². The minimum atomic E-state index is -3.76. The molecule has 6 heteroatoms. The minimum absolute atomic E-state index is 0. The van der Waals surface area contributed by atoms with Crippen LogP contribution in [-0.2, 0) is 10.0 Å². The molecule has 1 aromatic carbocycles. The van der Waals surface area contributed by atoms with Gasteiger partial charge in [0.1, 0.15) is 4.90 Å². The third-order valence-corrected chi connectivity index (χ3v) is 2.31. The highest BCUT2D eigenvalue weighted by atomic mass is 32.2. The van der Waals surface area contributed by atoms with E-state index in [4.69, 9.17) is 16.6 Å². The van der Waals surface area contributed by atoms with E-state index in [0.717, 1.165) is 0 Å². The summed E-state index contributed by atoms with van der Waals surface area (Å²) in [4.78, 5) is -0.137. The van der Waals surface area contributed by atoms with E-state index in [-0.39, 0.29) is 18.0 Å². The van der Waals surface area contributed by atoms with Crippen molar-refractivity contribution in [3.63, 3.8) is 0 Å². The van der Waals surface area contributed by atoms with E-state index < -0.39 is 10.0 Å². The Morgan fingerprint density at radius 2 is 1.69 bits per heavy atom. The molecule has 0 radical (unpaired) electrons. The van der Waals surface area contributed by atoms with Crippen LogP contribution in [0.4, 0.5) is 11.4 Å². The van der Waals surface area contributed by atoms with Crippen LogP contribution in [0.1, 0.15) is 7.43 Å². The van der Waals surface area contributed by atoms with Crippen molar-refractivity contribution in [2.75, 3.05) is 11.5 Å². The Morgan fingerprint density at radius 1 is 1.15 bits per heavy atom. The van der Waals surface area contributed by atoms with Crippen LogP contribution in [0.15, 0.2) is 23.1 Å². The van der Waals surface area contributed by atoms with Crippen molar-refractivity contribution in [2.24, 2.45) is 5.14 Å². The van der Waals surface area contributed by atoms with E-state index in [2.05, 4.69) is 0 Å². The SMILES string of the molecule is C.Nc1ccc(N)c(S(N)(=O)=O)c1. The highest BCUT2D eigenvalue weighted by Crippen LogP contribution is 2.18. The van der Waals surface area contributed by atoms with Gasteiger partial charge >= 0.3 is 0 Å². The first-order valence-corrected chi connectivity index (χ1v) is 4.63. The Balaban J connectivity index is 0.00000144. The van der Waals surface area contributed by atoms with Crippen molar-refractivity contribution >= 4 is 21.4 Å². The average molecular weight is 203 g/mol. The quantitative estimate of drug-likeness (QED) is 0.563. The van der Waals surface area contributed by atoms with Crippen LogP contribution >= 0.6 is 0 Å². The molecule has 0 atom stereocenters. The molecule has 0 saturated carbocycles. The molecule has 0 fully saturated rings. The number of benzene rings is 1. The lowest BCUT2D eigenvalue weighted by atomic mass is 10.3. The van der Waals surface area contributed by atoms with Crippen LogP contribution in [-0.4, -0.2) is 8.42 Å². The number of rotatable bonds is 1. The summed E-state index contributed by atoms with van der Waals surface area (Å²) in [5.41, 5.74) is 11.1. The summed E-state index contributed by atoms with van der Waals surface area (Å²) in [7, 11) is -3.76. The highest BCUT2D eigenvalue weighted by Gasteiger charge is 2.11. The van der Waals surface area contributed by atoms with E-state index in [1.54, 1.807) is 0 Å². The zero-order valence-corrected chi connectivity index (χ0v) is 7.01. The zero-order valence-electron chi connectivity index (χ0n) is 6.19. The molecule has 0 amide bonds. The molecule has 74 valence electrons. The maximum Gasteiger partial charge on any atom is 0.240 e. The molecule has 0 aliphatic heterocycles. The Morgan fingerprint density at radius 3 is 2.08 bits per heavy atom. The molecule has 5 nitrogen and oxygen atoms in total. The molecule has 0 heterocycles. The van der Waals surface area contributed by atoms with Crippen molar-refractivity contribution in [1.29, 1.82) is 0 Å². The molecule has 1 rings (SSSR count). The average Bonchev–Trinajstić information content (AvgIpc) is 1.92. The molecule has 0 bridgehead atoms. The van der Waals surface area contributed by atoms with E-state index in [0.29, 0.717) is 5.69 Å². The van der Waals surface area contributed by atoms with Crippen LogP contribution in [0.2, 0.25) is 0 Å². The summed E-state index contributed by atoms with van der Waals surface area (Å²) in [5.74, 6) is 0. The fourth-order valence-corrected chi connectivity index (χ4v) is 1.49. The maximum atomic E-state index is 10.8. The lowest BCUT2D eigenvalue weighted by Crippen LogP contribution is -2.14. The lowest BCUT2D eigenvalue weighted by Gasteiger charge is -2.02. The van der Waals surface area contributed by atoms with Gasteiger partial charge in [-0.2, -0.15) is 0 Å². The summed E-state index contributed by atoms with van der Waals surface area (Å²) >= 11 is 0. The zero-order chi connectivity index (χ0) is 9.35. The number of hydrogen-bond donors (Lipinski definition) is 3. The van der Waals surface area contributed by atoms with Crippen molar-refractivity contribution in [3.8, 4) is 0 Å². The van der Waals surface area contributed by atoms with Gasteiger partial charge in [-0.3, -0.25) is 0 Å². The molecule has 6 N–H and O–H groups in total. The second-order valence-electron chi connectivity index (χ2n) is 2.34. The molecule has 13 heavy (non-hydrogen) atoms. The summed E-state index contributed by atoms with van der Waals surface area (Å²) in [6.07, 6.45) is 0. The van der Waals surface area contributed by atoms with Gasteiger partial charge < -0.3 is 11.5 Å². The Labute approximate surface area is 77.6 Å². The first-order chi connectivity index (χ1) is 5.41. The van der Waals surface area contributed by atoms with Gasteiger partial charge in [0.05, 0.1) is 5.69 Å². The Kier molecular flexibility index (Phi) is 3.27. The van der Waals surface area contributed by atoms with Gasteiger partial charge in [0.2, 0.25) is 10.0 Å². The van der Waals surface area contributed by atoms with Gasteiger partial charge in [-0.25, -0.2) is 13.6 Å². The van der Waals surface area contributed by atoms with E-state index in [1.807, 2.05) is 0 Å². The third-order valence-electron chi connectivity index (χ3n) is 1.34. The van der Waals surface area contributed by atoms with E-state index in [1.165, 1.54) is 18.2 Å². The number of anilines is 2. The molecule has 0 spiro atoms. The van der Waals surface area contributed by atoms with Crippen molar-refractivity contribution in [3.05, 3.63) is 18.2 Å². The molecular formula is C7H13N3O2S. The summed E-state index contributed by atoms with van der Waals surface area (Å²) < 4.78 is 21.7. The van der Waals surface area contributed by atoms with Gasteiger partial charge in [-0.05, 0) is 18.2 Å². The van der Waals surface area contributed by atoms with Crippen molar-refractivity contribution in [1.82, 2.24) is 0 Å². The molecule has 0 aliphatic rings. The van der Waals surface area contributed by atoms with E-state index >= 15 is 0 Å². The lowest BCUT2D eigenvalue weighted by molar-refractivity contribution is 0.598. The minimum Gasteiger partial charge on any atom is -0.399 e. The van der Waals surface area contributed by atoms with Gasteiger partial charge in [0, 0.05) is 5.69 Å². The normalized spacial score (nSPS) is 10.5. The smallest absolute Gasteiger partial charge is 0.240 e. The maximum absolute atomic E-state index is 10.8. The predicted octanol–water partition coefficient (Wildman–Crippen LogP) is 0.135. The van der Waals surface area contributed by atoms with Crippen LogP contribution in [0, 0.1) is 0 Å². The first kappa shape index (κ1) is 11.7. The predicted molar refractivity (Wildman–Crippen MR) is 53.4 cm³/mol. The van der Waals surface area contributed by atoms with Gasteiger partial charge in [-0.1, -0.05) is 7.43 Å². The second kappa shape index (κ2) is 3.63. The number of primary sulfonamides is 1. The summed E-state index contributed by atoms with van der Waals surface area (Å²) in [6, 6.07) is 4.13. The molecule has 1 aromatic rings. The number of nitrogens with two attached hydrogens (primary N) is 3. The number of nitrogen functional groups attached to an aromatic ring is 2. The van der Waals surface area contributed by atoms with E-state index in [9.17, 15) is 8.42 Å². The largest absolute Gasteiger partial charge is 0.399 e. The number of sulfonamides is 1. The fraction of sp³-hybridized carbons (Fsp3) is 0.143. The Bertz CT molecular complexity index is 400. The summed E-state index contributed by atoms with van der Waals surface area (Å²) in [5, 5.41) is 4.86. The molecular weight excluding hydrogens is 190 g/mol. The topological polar surface area (TPSA) is 112 Å². The summed E-state index contributed by atoms with van der Waals surface area (Å²) in [6.45, 7) is 0. The Hall–Kier alpha value is -1.27. The monoisotopic (exact) mass is 203 g/mol. The standard InChI is InChI=1S/C6H9N3O2S.CH4/c7-4-1-2-5(8)6(3-4)12(9,10)11;/h1-3H,7-8H2,(H2,9,10,11);1H4. The molecule has 0 saturated heterocycles. The van der Waals surface area contributed by atoms with Gasteiger partial charge in [0.25, 0.3) is 0 Å². The third kappa shape index (κ3) is 2.60. The highest BCUT2D eigenvalue weighted by molar-refractivity contribution is 7.89. The van der Waals surface area contributed by atoms with Crippen LogP contribution in [0.25, 0.3) is 0 Å². The van der Waals surface area contributed by atoms with Crippen LogP contribution < -0.4 is 16.6 Å². The van der Waals surface area contributed by atoms with Crippen molar-refractivity contribution < 1.29 is 8.42 Å². The molecule has 0 aromatic heterocycles. The van der Waals surface area contributed by atoms with Crippen molar-refractivity contribution in [2.45, 2.75) is 12.3 Å². The van der Waals surface area contributed by atoms with Crippen LogP contribution in [0.3, 0.4) is 0 Å². The fourth-order valence-electron chi connectivity index (χ4n) is 0.797. The number of hydrogen-bond acceptors (Lipinski definition) is 4. The molecule has 0 unspecified atom stereocenters.